The van der Waals surface area contributed by atoms with Crippen molar-refractivity contribution in [1.82, 2.24) is 8.54 Å². The Morgan fingerprint density at radius 1 is 0.897 bits per heavy atom. The molecule has 0 unspecified atom stereocenters. The van der Waals surface area contributed by atoms with Crippen LogP contribution in [0.1, 0.15) is 55.5 Å². The molecule has 1 heterocycles. The molecule has 7 heteroatoms. The predicted octanol–water partition coefficient (Wildman–Crippen LogP) is 3.81. The molecule has 0 N–H and O–H groups in total. The minimum absolute atomic E-state index is 0.165. The van der Waals surface area contributed by atoms with Crippen molar-refractivity contribution in [3.05, 3.63) is 70.1 Å². The standard InChI is InChI=1S/C22H26N2O4S/c1-3-5-6-9-17-12-14-18(15-13-17)21(25)23-19-10-7-8-11-20(19)24(22(23)26)29(27,28)16-4-2/h7-8,10-15H,3-6,9,16H2,1-2H3. The third-order valence-corrected chi connectivity index (χ3v) is 6.75. The molecule has 0 fully saturated rings. The van der Waals surface area contributed by atoms with Crippen molar-refractivity contribution in [3.8, 4) is 0 Å². The van der Waals surface area contributed by atoms with E-state index in [1.165, 1.54) is 0 Å². The second kappa shape index (κ2) is 8.78. The Morgan fingerprint density at radius 3 is 2.17 bits per heavy atom. The van der Waals surface area contributed by atoms with Crippen LogP contribution < -0.4 is 5.69 Å². The number of aryl methyl sites for hydroxylation is 1. The number of nitrogens with zero attached hydrogens (tertiary/aromatic N) is 2. The Labute approximate surface area is 170 Å². The number of unbranched alkanes of at least 4 members (excludes halogenated alkanes) is 2. The van der Waals surface area contributed by atoms with Crippen LogP contribution in [0.3, 0.4) is 0 Å². The third-order valence-electron chi connectivity index (χ3n) is 4.92. The Kier molecular flexibility index (Phi) is 6.37. The summed E-state index contributed by atoms with van der Waals surface area (Å²) in [4.78, 5) is 26.1. The second-order valence-electron chi connectivity index (χ2n) is 7.15. The number of hydrogen-bond acceptors (Lipinski definition) is 4. The van der Waals surface area contributed by atoms with E-state index in [4.69, 9.17) is 0 Å². The SMILES string of the molecule is CCCCCc1ccc(C(=O)n2c(=O)n(S(=O)(=O)CCC)c3ccccc32)cc1. The zero-order valence-electron chi connectivity index (χ0n) is 16.8. The molecule has 0 aliphatic heterocycles. The van der Waals surface area contributed by atoms with Gasteiger partial charge < -0.3 is 0 Å². The fraction of sp³-hybridized carbons (Fsp3) is 0.364. The molecule has 3 rings (SSSR count). The summed E-state index contributed by atoms with van der Waals surface area (Å²) < 4.78 is 27.0. The van der Waals surface area contributed by atoms with E-state index in [-0.39, 0.29) is 16.8 Å². The smallest absolute Gasteiger partial charge is 0.268 e. The highest BCUT2D eigenvalue weighted by molar-refractivity contribution is 7.90. The lowest BCUT2D eigenvalue weighted by atomic mass is 10.1. The Balaban J connectivity index is 2.05. The van der Waals surface area contributed by atoms with E-state index < -0.39 is 21.6 Å². The summed E-state index contributed by atoms with van der Waals surface area (Å²) in [7, 11) is -3.85. The van der Waals surface area contributed by atoms with Crippen LogP contribution in [0.4, 0.5) is 0 Å². The van der Waals surface area contributed by atoms with Crippen LogP contribution in [0.25, 0.3) is 11.0 Å². The molecule has 154 valence electrons. The van der Waals surface area contributed by atoms with Crippen molar-refractivity contribution >= 4 is 27.0 Å². The van der Waals surface area contributed by atoms with Crippen molar-refractivity contribution in [3.63, 3.8) is 0 Å². The highest BCUT2D eigenvalue weighted by atomic mass is 32.2. The van der Waals surface area contributed by atoms with Crippen LogP contribution in [0.2, 0.25) is 0 Å². The number of benzene rings is 2. The molecule has 0 atom stereocenters. The first-order chi connectivity index (χ1) is 13.9. The van der Waals surface area contributed by atoms with E-state index in [0.29, 0.717) is 12.0 Å². The van der Waals surface area contributed by atoms with Gasteiger partial charge in [0.15, 0.2) is 0 Å². The molecular weight excluding hydrogens is 388 g/mol. The number of imidazole rings is 1. The quantitative estimate of drug-likeness (QED) is 0.525. The number of aromatic nitrogens is 2. The van der Waals surface area contributed by atoms with Gasteiger partial charge in [-0.15, -0.1) is 0 Å². The van der Waals surface area contributed by atoms with Crippen LogP contribution >= 0.6 is 0 Å². The van der Waals surface area contributed by atoms with Crippen LogP contribution in [0, 0.1) is 0 Å². The number of hydrogen-bond donors (Lipinski definition) is 0. The van der Waals surface area contributed by atoms with Crippen molar-refractivity contribution in [2.45, 2.75) is 46.0 Å². The molecule has 3 aromatic rings. The molecule has 6 nitrogen and oxygen atoms in total. The molecule has 0 saturated heterocycles. The van der Waals surface area contributed by atoms with Crippen molar-refractivity contribution < 1.29 is 13.2 Å². The van der Waals surface area contributed by atoms with Gasteiger partial charge in [-0.2, -0.15) is 3.97 Å². The second-order valence-corrected chi connectivity index (χ2v) is 9.08. The van der Waals surface area contributed by atoms with Gasteiger partial charge in [0, 0.05) is 5.56 Å². The Morgan fingerprint density at radius 2 is 1.55 bits per heavy atom. The molecule has 0 saturated carbocycles. The van der Waals surface area contributed by atoms with E-state index in [1.807, 2.05) is 12.1 Å². The number of rotatable bonds is 8. The van der Waals surface area contributed by atoms with Gasteiger partial charge in [-0.25, -0.2) is 17.8 Å². The minimum Gasteiger partial charge on any atom is -0.268 e. The number of carbonyl (C=O) groups is 1. The van der Waals surface area contributed by atoms with E-state index in [0.717, 1.165) is 39.8 Å². The molecule has 2 aromatic carbocycles. The molecule has 0 radical (unpaired) electrons. The molecular formula is C22H26N2O4S. The van der Waals surface area contributed by atoms with Gasteiger partial charge in [0.25, 0.3) is 5.91 Å². The summed E-state index contributed by atoms with van der Waals surface area (Å²) in [6.45, 7) is 3.88. The van der Waals surface area contributed by atoms with Crippen molar-refractivity contribution in [2.75, 3.05) is 5.75 Å². The molecule has 0 aliphatic rings. The summed E-state index contributed by atoms with van der Waals surface area (Å²) in [6.07, 6.45) is 4.71. The van der Waals surface area contributed by atoms with Gasteiger partial charge in [-0.1, -0.05) is 51.0 Å². The fourth-order valence-corrected chi connectivity index (χ4v) is 4.93. The fourth-order valence-electron chi connectivity index (χ4n) is 3.46. The van der Waals surface area contributed by atoms with Gasteiger partial charge in [0.2, 0.25) is 10.0 Å². The Hall–Kier alpha value is -2.67. The summed E-state index contributed by atoms with van der Waals surface area (Å²) in [5.74, 6) is -0.696. The van der Waals surface area contributed by atoms with Gasteiger partial charge in [0.05, 0.1) is 16.8 Å². The Bertz CT molecular complexity index is 1170. The molecule has 0 bridgehead atoms. The zero-order chi connectivity index (χ0) is 21.0. The normalized spacial score (nSPS) is 11.8. The van der Waals surface area contributed by atoms with E-state index in [1.54, 1.807) is 43.3 Å². The predicted molar refractivity (Wildman–Crippen MR) is 115 cm³/mol. The minimum atomic E-state index is -3.85. The topological polar surface area (TPSA) is 78.1 Å². The first kappa shape index (κ1) is 21.0. The van der Waals surface area contributed by atoms with Gasteiger partial charge in [-0.05, 0) is 49.1 Å². The maximum atomic E-state index is 13.1. The monoisotopic (exact) mass is 414 g/mol. The molecule has 0 spiro atoms. The van der Waals surface area contributed by atoms with Gasteiger partial charge in [0.1, 0.15) is 0 Å². The lowest BCUT2D eigenvalue weighted by molar-refractivity contribution is 0.0961. The first-order valence-electron chi connectivity index (χ1n) is 10.00. The van der Waals surface area contributed by atoms with Gasteiger partial charge in [-0.3, -0.25) is 4.79 Å². The lowest BCUT2D eigenvalue weighted by Gasteiger charge is -2.05. The first-order valence-corrected chi connectivity index (χ1v) is 11.6. The van der Waals surface area contributed by atoms with E-state index >= 15 is 0 Å². The number of carbonyl (C=O) groups excluding carboxylic acids is 1. The average molecular weight is 415 g/mol. The number of para-hydroxylation sites is 2. The van der Waals surface area contributed by atoms with Crippen LogP contribution in [-0.2, 0) is 16.4 Å². The molecule has 29 heavy (non-hydrogen) atoms. The van der Waals surface area contributed by atoms with Crippen molar-refractivity contribution in [1.29, 1.82) is 0 Å². The summed E-state index contributed by atoms with van der Waals surface area (Å²) >= 11 is 0. The number of fused-ring (bicyclic) bond motifs is 1. The molecule has 0 amide bonds. The van der Waals surface area contributed by atoms with Crippen LogP contribution in [0.15, 0.2) is 53.3 Å². The average Bonchev–Trinajstić information content (AvgIpc) is 3.00. The molecule has 0 aliphatic carbocycles. The third kappa shape index (κ3) is 4.19. The lowest BCUT2D eigenvalue weighted by Crippen LogP contribution is -2.33. The highest BCUT2D eigenvalue weighted by Gasteiger charge is 2.25. The maximum absolute atomic E-state index is 13.1. The van der Waals surface area contributed by atoms with Crippen LogP contribution in [0.5, 0.6) is 0 Å². The summed E-state index contributed by atoms with van der Waals surface area (Å²) in [6, 6.07) is 13.6. The van der Waals surface area contributed by atoms with Crippen LogP contribution in [-0.4, -0.2) is 28.6 Å². The molecule has 1 aromatic heterocycles. The zero-order valence-corrected chi connectivity index (χ0v) is 17.6. The van der Waals surface area contributed by atoms with Gasteiger partial charge >= 0.3 is 5.69 Å². The van der Waals surface area contributed by atoms with E-state index in [2.05, 4.69) is 6.92 Å². The maximum Gasteiger partial charge on any atom is 0.350 e. The van der Waals surface area contributed by atoms with E-state index in [9.17, 15) is 18.0 Å². The summed E-state index contributed by atoms with van der Waals surface area (Å²) in [5, 5.41) is 0. The highest BCUT2D eigenvalue weighted by Crippen LogP contribution is 2.17. The largest absolute Gasteiger partial charge is 0.350 e. The summed E-state index contributed by atoms with van der Waals surface area (Å²) in [5.41, 5.74) is 1.14. The van der Waals surface area contributed by atoms with Crippen molar-refractivity contribution in [2.24, 2.45) is 0 Å².